The minimum Gasteiger partial charge on any atom is -0.361 e. The minimum absolute atomic E-state index is 0.0987. The van der Waals surface area contributed by atoms with Gasteiger partial charge < -0.3 is 9.47 Å². The number of anilines is 1. The van der Waals surface area contributed by atoms with Crippen molar-refractivity contribution in [1.29, 1.82) is 0 Å². The molecule has 1 fully saturated rings. The van der Waals surface area contributed by atoms with Crippen molar-refractivity contribution in [2.45, 2.75) is 68.7 Å². The van der Waals surface area contributed by atoms with Gasteiger partial charge >= 0.3 is 6.18 Å². The average Bonchev–Trinajstić information content (AvgIpc) is 3.52. The van der Waals surface area contributed by atoms with Gasteiger partial charge in [-0.15, -0.1) is 0 Å². The van der Waals surface area contributed by atoms with Crippen molar-refractivity contribution < 1.29 is 21.6 Å². The first-order valence-electron chi connectivity index (χ1n) is 13.1. The van der Waals surface area contributed by atoms with E-state index >= 15 is 0 Å². The molecule has 1 aromatic heterocycles. The molecule has 2 heterocycles. The van der Waals surface area contributed by atoms with Crippen LogP contribution < -0.4 is 4.90 Å². The number of hydrogen-bond acceptors (Lipinski definition) is 4. The molecule has 0 amide bonds. The second-order valence-corrected chi connectivity index (χ2v) is 12.4. The van der Waals surface area contributed by atoms with Gasteiger partial charge in [-0.1, -0.05) is 43.9 Å². The highest BCUT2D eigenvalue weighted by molar-refractivity contribution is 7.89. The third-order valence-corrected chi connectivity index (χ3v) is 9.78. The Balaban J connectivity index is 1.50. The lowest BCUT2D eigenvalue weighted by Crippen LogP contribution is -2.43. The topological polar surface area (TPSA) is 58.4 Å². The SMILES string of the molecule is Cn1cncc1CN1c2ccccc2CN(S(=O)(=O)c2ccc(C(F)(F)F)cc2)C[C@@H]1CCC1CCCC1. The molecule has 1 aliphatic heterocycles. The number of benzene rings is 2. The molecule has 0 saturated heterocycles. The van der Waals surface area contributed by atoms with E-state index in [9.17, 15) is 21.6 Å². The quantitative estimate of drug-likeness (QED) is 0.365. The van der Waals surface area contributed by atoms with Gasteiger partial charge in [-0.2, -0.15) is 17.5 Å². The van der Waals surface area contributed by atoms with Gasteiger partial charge in [-0.3, -0.25) is 0 Å². The molecule has 0 unspecified atom stereocenters. The Morgan fingerprint density at radius 2 is 1.71 bits per heavy atom. The van der Waals surface area contributed by atoms with E-state index < -0.39 is 21.8 Å². The van der Waals surface area contributed by atoms with Crippen molar-refractivity contribution in [1.82, 2.24) is 13.9 Å². The van der Waals surface area contributed by atoms with Gasteiger partial charge in [0.25, 0.3) is 0 Å². The maximum atomic E-state index is 13.8. The summed E-state index contributed by atoms with van der Waals surface area (Å²) < 4.78 is 70.4. The molecule has 2 aliphatic rings. The lowest BCUT2D eigenvalue weighted by molar-refractivity contribution is -0.137. The van der Waals surface area contributed by atoms with Gasteiger partial charge in [0, 0.05) is 38.1 Å². The maximum absolute atomic E-state index is 13.8. The summed E-state index contributed by atoms with van der Waals surface area (Å²) in [7, 11) is -2.09. The molecular weight excluding hydrogens is 513 g/mol. The molecule has 2 aromatic carbocycles. The van der Waals surface area contributed by atoms with Crippen molar-refractivity contribution in [2.24, 2.45) is 13.0 Å². The lowest BCUT2D eigenvalue weighted by Gasteiger charge is -2.35. The third kappa shape index (κ3) is 5.61. The third-order valence-electron chi connectivity index (χ3n) is 7.95. The van der Waals surface area contributed by atoms with Crippen LogP contribution in [0, 0.1) is 5.92 Å². The number of aromatic nitrogens is 2. The van der Waals surface area contributed by atoms with Crippen LogP contribution in [-0.4, -0.2) is 34.9 Å². The van der Waals surface area contributed by atoms with Gasteiger partial charge in [-0.05, 0) is 54.7 Å². The molecular formula is C28H33F3N4O2S. The Hall–Kier alpha value is -2.85. The number of rotatable bonds is 7. The molecule has 1 aliphatic carbocycles. The van der Waals surface area contributed by atoms with E-state index in [0.29, 0.717) is 12.5 Å². The Morgan fingerprint density at radius 1 is 1.00 bits per heavy atom. The summed E-state index contributed by atoms with van der Waals surface area (Å²) in [5.74, 6) is 0.645. The molecule has 6 nitrogen and oxygen atoms in total. The van der Waals surface area contributed by atoms with Crippen molar-refractivity contribution in [3.8, 4) is 0 Å². The van der Waals surface area contributed by atoms with Crippen LogP contribution in [0.5, 0.6) is 0 Å². The van der Waals surface area contributed by atoms with Crippen molar-refractivity contribution >= 4 is 15.7 Å². The summed E-state index contributed by atoms with van der Waals surface area (Å²) in [6.45, 7) is 0.987. The Labute approximate surface area is 222 Å². The molecule has 38 heavy (non-hydrogen) atoms. The predicted octanol–water partition coefficient (Wildman–Crippen LogP) is 5.99. The van der Waals surface area contributed by atoms with Crippen LogP contribution >= 0.6 is 0 Å². The fourth-order valence-corrected chi connectivity index (χ4v) is 7.21. The predicted molar refractivity (Wildman–Crippen MR) is 140 cm³/mol. The van der Waals surface area contributed by atoms with Crippen molar-refractivity contribution in [3.05, 3.63) is 77.9 Å². The summed E-state index contributed by atoms with van der Waals surface area (Å²) in [5, 5.41) is 0. The summed E-state index contributed by atoms with van der Waals surface area (Å²) >= 11 is 0. The molecule has 3 aromatic rings. The summed E-state index contributed by atoms with van der Waals surface area (Å²) in [4.78, 5) is 6.44. The molecule has 204 valence electrons. The van der Waals surface area contributed by atoms with Crippen LogP contribution in [0.25, 0.3) is 0 Å². The normalized spacial score (nSPS) is 19.5. The van der Waals surface area contributed by atoms with E-state index in [0.717, 1.165) is 54.1 Å². The van der Waals surface area contributed by atoms with Crippen LogP contribution in [0.2, 0.25) is 0 Å². The van der Waals surface area contributed by atoms with Gasteiger partial charge in [0.15, 0.2) is 0 Å². The first-order chi connectivity index (χ1) is 18.1. The summed E-state index contributed by atoms with van der Waals surface area (Å²) in [6, 6.07) is 11.5. The molecule has 0 spiro atoms. The monoisotopic (exact) mass is 546 g/mol. The lowest BCUT2D eigenvalue weighted by atomic mass is 9.97. The molecule has 0 radical (unpaired) electrons. The summed E-state index contributed by atoms with van der Waals surface area (Å²) in [5.41, 5.74) is 2.00. The number of fused-ring (bicyclic) bond motifs is 1. The van der Waals surface area contributed by atoms with Crippen LogP contribution in [0.4, 0.5) is 18.9 Å². The number of imidazole rings is 1. The summed E-state index contributed by atoms with van der Waals surface area (Å²) in [6.07, 6.45) is 5.81. The highest BCUT2D eigenvalue weighted by Gasteiger charge is 2.36. The van der Waals surface area contributed by atoms with E-state index in [-0.39, 0.29) is 24.0 Å². The largest absolute Gasteiger partial charge is 0.416 e. The molecule has 5 rings (SSSR count). The minimum atomic E-state index is -4.53. The van der Waals surface area contributed by atoms with Crippen molar-refractivity contribution in [2.75, 3.05) is 11.4 Å². The Morgan fingerprint density at radius 3 is 2.37 bits per heavy atom. The number of alkyl halides is 3. The second kappa shape index (κ2) is 10.7. The highest BCUT2D eigenvalue weighted by atomic mass is 32.2. The van der Waals surface area contributed by atoms with Crippen LogP contribution in [-0.2, 0) is 36.3 Å². The van der Waals surface area contributed by atoms with E-state index in [1.807, 2.05) is 42.1 Å². The molecule has 10 heteroatoms. The standard InChI is InChI=1S/C28H33F3N4O2S/c1-33-20-32-16-25(33)19-35-24(13-10-21-6-2-3-7-21)18-34(17-22-8-4-5-9-27(22)35)38(36,37)26-14-11-23(12-15-26)28(29,30)31/h4-5,8-9,11-12,14-16,20-21,24H,2-3,6-7,10,13,17-19H2,1H3/t24-/m0/s1. The Bertz CT molecular complexity index is 1350. The van der Waals surface area contributed by atoms with E-state index in [4.69, 9.17) is 0 Å². The second-order valence-electron chi connectivity index (χ2n) is 10.5. The number of halogens is 3. The zero-order valence-electron chi connectivity index (χ0n) is 21.4. The molecule has 0 N–H and O–H groups in total. The van der Waals surface area contributed by atoms with Gasteiger partial charge in [0.2, 0.25) is 10.0 Å². The van der Waals surface area contributed by atoms with E-state index in [1.54, 1.807) is 6.33 Å². The van der Waals surface area contributed by atoms with Gasteiger partial charge in [0.1, 0.15) is 0 Å². The number of hydrogen-bond donors (Lipinski definition) is 0. The molecule has 1 saturated carbocycles. The molecule has 0 bridgehead atoms. The molecule has 1 atom stereocenters. The smallest absolute Gasteiger partial charge is 0.361 e. The number of aryl methyl sites for hydroxylation is 1. The van der Waals surface area contributed by atoms with E-state index in [1.165, 1.54) is 30.0 Å². The number of para-hydroxylation sites is 1. The number of sulfonamides is 1. The highest BCUT2D eigenvalue weighted by Crippen LogP contribution is 2.36. The average molecular weight is 547 g/mol. The zero-order chi connectivity index (χ0) is 26.9. The van der Waals surface area contributed by atoms with Gasteiger partial charge in [-0.25, -0.2) is 13.4 Å². The van der Waals surface area contributed by atoms with Crippen molar-refractivity contribution in [3.63, 3.8) is 0 Å². The van der Waals surface area contributed by atoms with Crippen LogP contribution in [0.1, 0.15) is 55.3 Å². The number of nitrogens with zero attached hydrogens (tertiary/aromatic N) is 4. The Kier molecular flexibility index (Phi) is 7.55. The fourth-order valence-electron chi connectivity index (χ4n) is 5.76. The van der Waals surface area contributed by atoms with Gasteiger partial charge in [0.05, 0.1) is 29.0 Å². The van der Waals surface area contributed by atoms with Crippen LogP contribution in [0.3, 0.4) is 0 Å². The first kappa shape index (κ1) is 26.7. The zero-order valence-corrected chi connectivity index (χ0v) is 22.3. The van der Waals surface area contributed by atoms with Crippen LogP contribution in [0.15, 0.2) is 66.0 Å². The maximum Gasteiger partial charge on any atom is 0.416 e. The fraction of sp³-hybridized carbons (Fsp3) is 0.464. The first-order valence-corrected chi connectivity index (χ1v) is 14.5. The van der Waals surface area contributed by atoms with E-state index in [2.05, 4.69) is 9.88 Å².